The van der Waals surface area contributed by atoms with Gasteiger partial charge in [-0.15, -0.1) is 11.6 Å². The lowest BCUT2D eigenvalue weighted by Gasteiger charge is -2.26. The van der Waals surface area contributed by atoms with Gasteiger partial charge in [0.15, 0.2) is 0 Å². The molecule has 0 unspecified atom stereocenters. The number of alkyl halides is 1. The first-order valence-corrected chi connectivity index (χ1v) is 8.27. The Bertz CT molecular complexity index is 332. The monoisotopic (exact) mass is 265 g/mol. The fourth-order valence-electron chi connectivity index (χ4n) is 2.40. The molecule has 16 heavy (non-hydrogen) atoms. The zero-order valence-corrected chi connectivity index (χ0v) is 11.1. The van der Waals surface area contributed by atoms with Crippen LogP contribution < -0.4 is 4.72 Å². The Morgan fingerprint density at radius 3 is 2.38 bits per heavy atom. The molecule has 1 N–H and O–H groups in total. The molecule has 2 aliphatic carbocycles. The third-order valence-corrected chi connectivity index (χ3v) is 5.83. The summed E-state index contributed by atoms with van der Waals surface area (Å²) in [5, 5.41) is 0. The van der Waals surface area contributed by atoms with Gasteiger partial charge in [0.05, 0.1) is 5.75 Å². The lowest BCUT2D eigenvalue weighted by atomic mass is 9.89. The van der Waals surface area contributed by atoms with E-state index in [9.17, 15) is 8.42 Å². The van der Waals surface area contributed by atoms with E-state index in [1.165, 1.54) is 12.8 Å². The predicted octanol–water partition coefficient (Wildman–Crippen LogP) is 2.12. The third-order valence-electron chi connectivity index (χ3n) is 3.77. The van der Waals surface area contributed by atoms with Crippen molar-refractivity contribution < 1.29 is 8.42 Å². The van der Waals surface area contributed by atoms with Crippen molar-refractivity contribution in [1.29, 1.82) is 0 Å². The maximum atomic E-state index is 11.7. The Morgan fingerprint density at radius 1 is 1.25 bits per heavy atom. The first-order chi connectivity index (χ1) is 7.55. The predicted molar refractivity (Wildman–Crippen MR) is 66.1 cm³/mol. The van der Waals surface area contributed by atoms with Crippen molar-refractivity contribution in [3.63, 3.8) is 0 Å². The van der Waals surface area contributed by atoms with E-state index >= 15 is 0 Å². The Balaban J connectivity index is 1.84. The largest absolute Gasteiger partial charge is 0.215 e. The number of halogens is 1. The quantitative estimate of drug-likeness (QED) is 0.748. The molecule has 94 valence electrons. The highest BCUT2D eigenvalue weighted by Crippen LogP contribution is 2.38. The fourth-order valence-corrected chi connectivity index (χ4v) is 4.36. The summed E-state index contributed by atoms with van der Waals surface area (Å²) in [6.45, 7) is 0.533. The van der Waals surface area contributed by atoms with E-state index in [-0.39, 0.29) is 5.41 Å². The molecule has 0 bridgehead atoms. The minimum absolute atomic E-state index is 0.0260. The van der Waals surface area contributed by atoms with Crippen molar-refractivity contribution in [1.82, 2.24) is 4.72 Å². The van der Waals surface area contributed by atoms with Gasteiger partial charge in [0.25, 0.3) is 0 Å². The molecule has 2 rings (SSSR count). The van der Waals surface area contributed by atoms with Crippen LogP contribution in [0, 0.1) is 11.3 Å². The van der Waals surface area contributed by atoms with Crippen LogP contribution in [-0.2, 0) is 10.0 Å². The first kappa shape index (κ1) is 12.7. The molecule has 0 spiro atoms. The number of rotatable bonds is 6. The van der Waals surface area contributed by atoms with Gasteiger partial charge in [0.1, 0.15) is 0 Å². The minimum Gasteiger partial charge on any atom is -0.215 e. The molecule has 0 aliphatic heterocycles. The normalized spacial score (nSPS) is 24.8. The number of sulfonamides is 1. The minimum atomic E-state index is -3.06. The number of hydrogen-bond donors (Lipinski definition) is 1. The summed E-state index contributed by atoms with van der Waals surface area (Å²) in [5.74, 6) is 1.29. The van der Waals surface area contributed by atoms with E-state index in [1.54, 1.807) is 0 Å². The van der Waals surface area contributed by atoms with Crippen LogP contribution in [0.5, 0.6) is 0 Å². The number of nitrogens with one attached hydrogen (secondary N) is 1. The zero-order valence-electron chi connectivity index (χ0n) is 9.54. The lowest BCUT2D eigenvalue weighted by molar-refractivity contribution is 0.342. The van der Waals surface area contributed by atoms with Crippen molar-refractivity contribution in [2.75, 3.05) is 18.2 Å². The van der Waals surface area contributed by atoms with E-state index in [2.05, 4.69) is 4.72 Å². The summed E-state index contributed by atoms with van der Waals surface area (Å²) in [5.41, 5.74) is 0.0260. The van der Waals surface area contributed by atoms with Crippen molar-refractivity contribution in [2.45, 2.75) is 38.5 Å². The van der Waals surface area contributed by atoms with Gasteiger partial charge < -0.3 is 0 Å². The fraction of sp³-hybridized carbons (Fsp3) is 1.00. The molecule has 0 aromatic carbocycles. The Labute approximate surface area is 103 Å². The maximum Gasteiger partial charge on any atom is 0.211 e. The second-order valence-corrected chi connectivity index (χ2v) is 7.51. The van der Waals surface area contributed by atoms with Crippen molar-refractivity contribution in [3.8, 4) is 0 Å². The summed E-state index contributed by atoms with van der Waals surface area (Å²) in [6, 6.07) is 0. The topological polar surface area (TPSA) is 46.2 Å². The lowest BCUT2D eigenvalue weighted by Crippen LogP contribution is -2.38. The van der Waals surface area contributed by atoms with Crippen LogP contribution in [0.2, 0.25) is 0 Å². The highest BCUT2D eigenvalue weighted by atomic mass is 35.5. The van der Waals surface area contributed by atoms with Crippen molar-refractivity contribution >= 4 is 21.6 Å². The molecule has 0 atom stereocenters. The van der Waals surface area contributed by atoms with E-state index in [1.807, 2.05) is 0 Å². The average Bonchev–Trinajstić information content (AvgIpc) is 2.92. The summed E-state index contributed by atoms with van der Waals surface area (Å²) in [7, 11) is -3.06. The molecule has 3 nitrogen and oxygen atoms in total. The van der Waals surface area contributed by atoms with Crippen LogP contribution in [-0.4, -0.2) is 26.6 Å². The zero-order chi connectivity index (χ0) is 11.6. The highest BCUT2D eigenvalue weighted by molar-refractivity contribution is 7.89. The summed E-state index contributed by atoms with van der Waals surface area (Å²) in [6.07, 6.45) is 6.61. The Kier molecular flexibility index (Phi) is 3.82. The number of hydrogen-bond acceptors (Lipinski definition) is 2. The second kappa shape index (κ2) is 4.83. The van der Waals surface area contributed by atoms with E-state index < -0.39 is 10.0 Å². The van der Waals surface area contributed by atoms with Gasteiger partial charge in [-0.05, 0) is 37.0 Å². The molecule has 2 aliphatic rings. The molecule has 2 saturated carbocycles. The van der Waals surface area contributed by atoms with Crippen molar-refractivity contribution in [2.24, 2.45) is 11.3 Å². The first-order valence-electron chi connectivity index (χ1n) is 6.09. The maximum absolute atomic E-state index is 11.7. The van der Waals surface area contributed by atoms with Crippen LogP contribution in [0.3, 0.4) is 0 Å². The molecular formula is C11H20ClNO2S. The van der Waals surface area contributed by atoms with E-state index in [0.717, 1.165) is 25.7 Å². The molecule has 0 aromatic rings. The summed E-state index contributed by atoms with van der Waals surface area (Å²) < 4.78 is 26.2. The summed E-state index contributed by atoms with van der Waals surface area (Å²) in [4.78, 5) is 0. The summed E-state index contributed by atoms with van der Waals surface area (Å²) >= 11 is 5.98. The smallest absolute Gasteiger partial charge is 0.211 e. The molecular weight excluding hydrogens is 246 g/mol. The van der Waals surface area contributed by atoms with Crippen LogP contribution in [0.1, 0.15) is 38.5 Å². The molecule has 0 heterocycles. The van der Waals surface area contributed by atoms with Gasteiger partial charge in [-0.3, -0.25) is 0 Å². The Hall–Kier alpha value is 0.200. The van der Waals surface area contributed by atoms with Crippen molar-refractivity contribution in [3.05, 3.63) is 0 Å². The van der Waals surface area contributed by atoms with Crippen LogP contribution in [0.25, 0.3) is 0 Å². The van der Waals surface area contributed by atoms with Gasteiger partial charge in [0.2, 0.25) is 10.0 Å². The van der Waals surface area contributed by atoms with Gasteiger partial charge in [-0.1, -0.05) is 12.8 Å². The van der Waals surface area contributed by atoms with Gasteiger partial charge >= 0.3 is 0 Å². The molecule has 5 heteroatoms. The van der Waals surface area contributed by atoms with Gasteiger partial charge in [0, 0.05) is 12.4 Å². The molecule has 0 amide bonds. The standard InChI is InChI=1S/C11H20ClNO2S/c12-8-11(5-1-2-6-11)9-13-16(14,15)7-10-3-4-10/h10,13H,1-9H2. The van der Waals surface area contributed by atoms with E-state index in [0.29, 0.717) is 24.1 Å². The Morgan fingerprint density at radius 2 is 1.88 bits per heavy atom. The molecule has 0 saturated heterocycles. The van der Waals surface area contributed by atoms with Crippen LogP contribution in [0.15, 0.2) is 0 Å². The third kappa shape index (κ3) is 3.34. The molecule has 2 fully saturated rings. The van der Waals surface area contributed by atoms with Crippen LogP contribution in [0.4, 0.5) is 0 Å². The molecule has 0 aromatic heterocycles. The average molecular weight is 266 g/mol. The SMILES string of the molecule is O=S(=O)(CC1CC1)NCC1(CCl)CCCC1. The highest BCUT2D eigenvalue weighted by Gasteiger charge is 2.35. The molecule has 0 radical (unpaired) electrons. The van der Waals surface area contributed by atoms with Gasteiger partial charge in [-0.2, -0.15) is 0 Å². The van der Waals surface area contributed by atoms with E-state index in [4.69, 9.17) is 11.6 Å². The van der Waals surface area contributed by atoms with Crippen LogP contribution >= 0.6 is 11.6 Å². The van der Waals surface area contributed by atoms with Gasteiger partial charge in [-0.25, -0.2) is 13.1 Å². The second-order valence-electron chi connectivity index (χ2n) is 5.39.